The van der Waals surface area contributed by atoms with Gasteiger partial charge in [0.25, 0.3) is 0 Å². The van der Waals surface area contributed by atoms with Gasteiger partial charge in [0.05, 0.1) is 13.7 Å². The topological polar surface area (TPSA) is 56.8 Å². The number of benzene rings is 1. The van der Waals surface area contributed by atoms with Crippen molar-refractivity contribution in [1.82, 2.24) is 5.32 Å². The average molecular weight is 291 g/mol. The molecule has 0 saturated carbocycles. The summed E-state index contributed by atoms with van der Waals surface area (Å²) in [6.07, 6.45) is 3.17. The summed E-state index contributed by atoms with van der Waals surface area (Å²) in [5.41, 5.74) is 2.42. The van der Waals surface area contributed by atoms with E-state index in [0.717, 1.165) is 25.1 Å². The van der Waals surface area contributed by atoms with E-state index in [1.165, 1.54) is 5.57 Å². The number of carbonyl (C=O) groups excluding carboxylic acids is 1. The highest BCUT2D eigenvalue weighted by atomic mass is 16.6. The third kappa shape index (κ3) is 4.23. The molecule has 5 nitrogen and oxygen atoms in total. The Balaban J connectivity index is 2.09. The molecule has 1 aliphatic rings. The van der Waals surface area contributed by atoms with E-state index in [4.69, 9.17) is 14.2 Å². The van der Waals surface area contributed by atoms with Crippen LogP contribution in [0.4, 0.5) is 0 Å². The van der Waals surface area contributed by atoms with Crippen LogP contribution in [-0.4, -0.2) is 39.4 Å². The first-order valence-electron chi connectivity index (χ1n) is 7.11. The van der Waals surface area contributed by atoms with Crippen molar-refractivity contribution in [3.63, 3.8) is 0 Å². The Bertz CT molecular complexity index is 525. The molecule has 1 heterocycles. The number of rotatable bonds is 6. The molecule has 0 atom stereocenters. The Morgan fingerprint density at radius 1 is 1.33 bits per heavy atom. The number of methoxy groups -OCH3 is 1. The van der Waals surface area contributed by atoms with E-state index >= 15 is 0 Å². The zero-order valence-electron chi connectivity index (χ0n) is 12.5. The molecule has 0 aromatic heterocycles. The fourth-order valence-corrected chi connectivity index (χ4v) is 2.21. The minimum atomic E-state index is -0.385. The highest BCUT2D eigenvalue weighted by Gasteiger charge is 2.12. The second kappa shape index (κ2) is 7.69. The van der Waals surface area contributed by atoms with Crippen LogP contribution in [0.3, 0.4) is 0 Å². The van der Waals surface area contributed by atoms with Crippen LogP contribution >= 0.6 is 0 Å². The fourth-order valence-electron chi connectivity index (χ4n) is 2.21. The van der Waals surface area contributed by atoms with Gasteiger partial charge in [-0.25, -0.2) is 4.79 Å². The van der Waals surface area contributed by atoms with Crippen LogP contribution in [0.2, 0.25) is 0 Å². The second-order valence-corrected chi connectivity index (χ2v) is 4.64. The van der Waals surface area contributed by atoms with Gasteiger partial charge in [-0.15, -0.1) is 0 Å². The Hall–Kier alpha value is -2.01. The first kappa shape index (κ1) is 15.4. The van der Waals surface area contributed by atoms with Crippen molar-refractivity contribution in [2.24, 2.45) is 0 Å². The molecule has 0 amide bonds. The van der Waals surface area contributed by atoms with Crippen LogP contribution in [0.15, 0.2) is 24.3 Å². The highest BCUT2D eigenvalue weighted by Crippen LogP contribution is 2.32. The summed E-state index contributed by atoms with van der Waals surface area (Å²) in [6, 6.07) is 5.76. The summed E-state index contributed by atoms with van der Waals surface area (Å²) in [7, 11) is 1.59. The number of nitrogens with one attached hydrogen (secondary N) is 1. The van der Waals surface area contributed by atoms with Crippen LogP contribution in [0.5, 0.6) is 11.5 Å². The lowest BCUT2D eigenvalue weighted by molar-refractivity contribution is -0.145. The first-order valence-corrected chi connectivity index (χ1v) is 7.11. The van der Waals surface area contributed by atoms with Crippen LogP contribution in [-0.2, 0) is 9.53 Å². The van der Waals surface area contributed by atoms with Crippen molar-refractivity contribution >= 4 is 11.5 Å². The predicted molar refractivity (Wildman–Crippen MR) is 80.6 cm³/mol. The van der Waals surface area contributed by atoms with Gasteiger partial charge in [-0.2, -0.15) is 0 Å². The largest absolute Gasteiger partial charge is 0.493 e. The molecule has 0 bridgehead atoms. The number of ether oxygens (including phenoxy) is 3. The van der Waals surface area contributed by atoms with E-state index in [0.29, 0.717) is 18.1 Å². The van der Waals surface area contributed by atoms with Gasteiger partial charge < -0.3 is 19.5 Å². The van der Waals surface area contributed by atoms with E-state index in [9.17, 15) is 4.79 Å². The van der Waals surface area contributed by atoms with E-state index in [-0.39, 0.29) is 12.6 Å². The van der Waals surface area contributed by atoms with Crippen molar-refractivity contribution in [3.8, 4) is 11.5 Å². The number of esters is 1. The van der Waals surface area contributed by atoms with E-state index < -0.39 is 0 Å². The lowest BCUT2D eigenvalue weighted by Crippen LogP contribution is -2.20. The molecular weight excluding hydrogens is 270 g/mol. The van der Waals surface area contributed by atoms with Gasteiger partial charge in [0.15, 0.2) is 18.1 Å². The Morgan fingerprint density at radius 2 is 2.19 bits per heavy atom. The fraction of sp³-hybridized carbons (Fsp3) is 0.438. The van der Waals surface area contributed by atoms with Gasteiger partial charge >= 0.3 is 5.97 Å². The van der Waals surface area contributed by atoms with Crippen molar-refractivity contribution in [2.45, 2.75) is 13.3 Å². The normalized spacial score (nSPS) is 14.3. The first-order chi connectivity index (χ1) is 10.2. The molecule has 2 rings (SSSR count). The molecule has 0 spiro atoms. The van der Waals surface area contributed by atoms with Gasteiger partial charge in [0.2, 0.25) is 0 Å². The second-order valence-electron chi connectivity index (χ2n) is 4.64. The van der Waals surface area contributed by atoms with Crippen LogP contribution in [0, 0.1) is 0 Å². The van der Waals surface area contributed by atoms with E-state index in [1.807, 2.05) is 18.2 Å². The zero-order valence-corrected chi connectivity index (χ0v) is 12.5. The smallest absolute Gasteiger partial charge is 0.344 e. The number of carbonyl (C=O) groups is 1. The van der Waals surface area contributed by atoms with E-state index in [2.05, 4.69) is 11.4 Å². The maximum atomic E-state index is 11.3. The number of hydrogen-bond acceptors (Lipinski definition) is 5. The number of hydrogen-bond donors (Lipinski definition) is 1. The predicted octanol–water partition coefficient (Wildman–Crippen LogP) is 2.01. The highest BCUT2D eigenvalue weighted by molar-refractivity contribution is 5.72. The molecule has 0 aliphatic carbocycles. The molecular formula is C16H21NO4. The molecule has 5 heteroatoms. The van der Waals surface area contributed by atoms with Crippen LogP contribution in [0.1, 0.15) is 18.9 Å². The van der Waals surface area contributed by atoms with Gasteiger partial charge in [-0.1, -0.05) is 12.1 Å². The van der Waals surface area contributed by atoms with Gasteiger partial charge in [-0.3, -0.25) is 0 Å². The standard InChI is InChI=1S/C16H21NO4/c1-3-20-16(18)11-21-14-5-4-13(10-15(14)19-2)12-6-8-17-9-7-12/h4-6,10,17H,3,7-9,11H2,1-2H3. The molecule has 21 heavy (non-hydrogen) atoms. The molecule has 1 aromatic carbocycles. The summed E-state index contributed by atoms with van der Waals surface area (Å²) in [4.78, 5) is 11.3. The van der Waals surface area contributed by atoms with E-state index in [1.54, 1.807) is 14.0 Å². The quantitative estimate of drug-likeness (QED) is 0.813. The Labute approximate surface area is 124 Å². The molecule has 1 aliphatic heterocycles. The monoisotopic (exact) mass is 291 g/mol. The van der Waals surface area contributed by atoms with Gasteiger partial charge in [0.1, 0.15) is 0 Å². The summed E-state index contributed by atoms with van der Waals surface area (Å²) in [5, 5.41) is 3.29. The molecule has 0 fully saturated rings. The lowest BCUT2D eigenvalue weighted by atomic mass is 10.00. The Kier molecular flexibility index (Phi) is 5.63. The molecule has 0 saturated heterocycles. The maximum absolute atomic E-state index is 11.3. The summed E-state index contributed by atoms with van der Waals surface area (Å²) in [6.45, 7) is 3.87. The van der Waals surface area contributed by atoms with Crippen molar-refractivity contribution in [3.05, 3.63) is 29.8 Å². The van der Waals surface area contributed by atoms with Gasteiger partial charge in [-0.05, 0) is 43.2 Å². The lowest BCUT2D eigenvalue weighted by Gasteiger charge is -2.16. The van der Waals surface area contributed by atoms with Crippen molar-refractivity contribution in [2.75, 3.05) is 33.4 Å². The molecule has 1 N–H and O–H groups in total. The SMILES string of the molecule is CCOC(=O)COc1ccc(C2=CCNCC2)cc1OC. The van der Waals surface area contributed by atoms with Crippen LogP contribution in [0.25, 0.3) is 5.57 Å². The molecule has 0 radical (unpaired) electrons. The average Bonchev–Trinajstić information content (AvgIpc) is 2.54. The maximum Gasteiger partial charge on any atom is 0.344 e. The molecule has 114 valence electrons. The minimum Gasteiger partial charge on any atom is -0.493 e. The van der Waals surface area contributed by atoms with Crippen molar-refractivity contribution in [1.29, 1.82) is 0 Å². The summed E-state index contributed by atoms with van der Waals surface area (Å²) in [5.74, 6) is 0.782. The molecule has 0 unspecified atom stereocenters. The minimum absolute atomic E-state index is 0.115. The third-order valence-electron chi connectivity index (χ3n) is 3.25. The molecule has 1 aromatic rings. The van der Waals surface area contributed by atoms with Crippen molar-refractivity contribution < 1.29 is 19.0 Å². The van der Waals surface area contributed by atoms with Gasteiger partial charge in [0, 0.05) is 6.54 Å². The summed E-state index contributed by atoms with van der Waals surface area (Å²) < 4.78 is 15.6. The summed E-state index contributed by atoms with van der Waals surface area (Å²) >= 11 is 0. The zero-order chi connectivity index (χ0) is 15.1. The van der Waals surface area contributed by atoms with Crippen LogP contribution < -0.4 is 14.8 Å². The Morgan fingerprint density at radius 3 is 2.86 bits per heavy atom. The third-order valence-corrected chi connectivity index (χ3v) is 3.25.